The predicted octanol–water partition coefficient (Wildman–Crippen LogP) is 0.130. The van der Waals surface area contributed by atoms with Crippen LogP contribution in [0.15, 0.2) is 0 Å². The van der Waals surface area contributed by atoms with Gasteiger partial charge in [-0.25, -0.2) is 0 Å². The fraction of sp³-hybridized carbons (Fsp3) is 1.00. The van der Waals surface area contributed by atoms with Gasteiger partial charge >= 0.3 is 0 Å². The monoisotopic (exact) mass is 132 g/mol. The molecule has 54 valence electrons. The molecule has 0 unspecified atom stereocenters. The second-order valence-corrected chi connectivity index (χ2v) is 2.22. The molecule has 1 N–H and O–H groups in total. The first-order chi connectivity index (χ1) is 4.33. The van der Waals surface area contributed by atoms with Gasteiger partial charge in [-0.15, -0.1) is 0 Å². The highest BCUT2D eigenvalue weighted by atomic mass is 16.7. The molecule has 1 rings (SSSR count). The van der Waals surface area contributed by atoms with Crippen molar-refractivity contribution < 1.29 is 14.6 Å². The molecule has 0 bridgehead atoms. The molecule has 1 aliphatic rings. The third kappa shape index (κ3) is 1.93. The zero-order valence-corrected chi connectivity index (χ0v) is 5.54. The van der Waals surface area contributed by atoms with Gasteiger partial charge in [0.2, 0.25) is 0 Å². The summed E-state index contributed by atoms with van der Waals surface area (Å²) in [6.45, 7) is 2.75. The molecule has 0 amide bonds. The highest BCUT2D eigenvalue weighted by molar-refractivity contribution is 4.58. The Morgan fingerprint density at radius 3 is 2.89 bits per heavy atom. The van der Waals surface area contributed by atoms with Crippen LogP contribution in [0.25, 0.3) is 0 Å². The highest BCUT2D eigenvalue weighted by Crippen LogP contribution is 2.12. The minimum absolute atomic E-state index is 0.136. The number of rotatable bonds is 2. The third-order valence-corrected chi connectivity index (χ3v) is 1.27. The van der Waals surface area contributed by atoms with E-state index < -0.39 is 0 Å². The second kappa shape index (κ2) is 3.15. The van der Waals surface area contributed by atoms with Gasteiger partial charge in [0.25, 0.3) is 0 Å². The Balaban J connectivity index is 2.14. The largest absolute Gasteiger partial charge is 0.396 e. The first-order valence-electron chi connectivity index (χ1n) is 3.21. The molecule has 0 aliphatic carbocycles. The van der Waals surface area contributed by atoms with Crippen molar-refractivity contribution in [3.63, 3.8) is 0 Å². The molecule has 3 heteroatoms. The molecular weight excluding hydrogens is 120 g/mol. The summed E-state index contributed by atoms with van der Waals surface area (Å²) in [4.78, 5) is 0. The number of aliphatic hydroxyl groups is 1. The van der Waals surface area contributed by atoms with Crippen molar-refractivity contribution in [3.05, 3.63) is 0 Å². The molecule has 0 spiro atoms. The van der Waals surface area contributed by atoms with E-state index in [-0.39, 0.29) is 19.0 Å². The zero-order valence-electron chi connectivity index (χ0n) is 5.54. The molecule has 1 fully saturated rings. The molecule has 2 atom stereocenters. The molecule has 0 aromatic carbocycles. The molecular formula is C6H12O3. The molecule has 1 aliphatic heterocycles. The van der Waals surface area contributed by atoms with E-state index >= 15 is 0 Å². The molecule has 1 heterocycles. The van der Waals surface area contributed by atoms with Gasteiger partial charge in [-0.2, -0.15) is 0 Å². The minimum Gasteiger partial charge on any atom is -0.396 e. The van der Waals surface area contributed by atoms with Crippen molar-refractivity contribution >= 4 is 0 Å². The van der Waals surface area contributed by atoms with Crippen LogP contribution in [-0.4, -0.2) is 30.7 Å². The van der Waals surface area contributed by atoms with Crippen LogP contribution in [0.4, 0.5) is 0 Å². The lowest BCUT2D eigenvalue weighted by molar-refractivity contribution is -0.0666. The van der Waals surface area contributed by atoms with E-state index in [0.717, 1.165) is 0 Å². The second-order valence-electron chi connectivity index (χ2n) is 2.22. The van der Waals surface area contributed by atoms with Gasteiger partial charge in [0.05, 0.1) is 12.7 Å². The average molecular weight is 132 g/mol. The summed E-state index contributed by atoms with van der Waals surface area (Å²) in [5, 5.41) is 8.45. The number of hydrogen-bond donors (Lipinski definition) is 1. The van der Waals surface area contributed by atoms with Crippen molar-refractivity contribution in [1.29, 1.82) is 0 Å². The van der Waals surface area contributed by atoms with E-state index in [0.29, 0.717) is 13.0 Å². The number of aliphatic hydroxyl groups excluding tert-OH is 1. The number of ether oxygens (including phenoxy) is 2. The van der Waals surface area contributed by atoms with Crippen molar-refractivity contribution in [1.82, 2.24) is 0 Å². The van der Waals surface area contributed by atoms with Gasteiger partial charge in [-0.1, -0.05) is 0 Å². The Kier molecular flexibility index (Phi) is 2.45. The summed E-state index contributed by atoms with van der Waals surface area (Å²) < 4.78 is 10.3. The maximum atomic E-state index is 8.45. The molecule has 1 saturated heterocycles. The summed E-state index contributed by atoms with van der Waals surface area (Å²) in [7, 11) is 0. The summed E-state index contributed by atoms with van der Waals surface area (Å²) in [6.07, 6.45) is 0.621. The summed E-state index contributed by atoms with van der Waals surface area (Å²) in [5.74, 6) is 0. The topological polar surface area (TPSA) is 38.7 Å². The molecule has 9 heavy (non-hydrogen) atoms. The van der Waals surface area contributed by atoms with Gasteiger partial charge in [0.1, 0.15) is 0 Å². The van der Waals surface area contributed by atoms with E-state index in [4.69, 9.17) is 14.6 Å². The highest BCUT2D eigenvalue weighted by Gasteiger charge is 2.20. The SMILES string of the molecule is C[C@H]1CO[C@@H](CCO)O1. The molecule has 3 nitrogen and oxygen atoms in total. The standard InChI is InChI=1S/C6H12O3/c1-5-4-8-6(9-5)2-3-7/h5-7H,2-4H2,1H3/t5-,6+/m0/s1. The lowest BCUT2D eigenvalue weighted by atomic mass is 10.4. The van der Waals surface area contributed by atoms with Crippen LogP contribution in [0.1, 0.15) is 13.3 Å². The fourth-order valence-corrected chi connectivity index (χ4v) is 0.837. The van der Waals surface area contributed by atoms with Crippen LogP contribution in [0.3, 0.4) is 0 Å². The van der Waals surface area contributed by atoms with E-state index in [1.807, 2.05) is 6.92 Å². The summed E-state index contributed by atoms with van der Waals surface area (Å²) >= 11 is 0. The minimum atomic E-state index is -0.162. The molecule has 0 aromatic heterocycles. The predicted molar refractivity (Wildman–Crippen MR) is 32.0 cm³/mol. The van der Waals surface area contributed by atoms with Crippen LogP contribution >= 0.6 is 0 Å². The molecule has 0 saturated carbocycles. The van der Waals surface area contributed by atoms with Gasteiger partial charge in [-0.3, -0.25) is 0 Å². The maximum absolute atomic E-state index is 8.45. The number of hydrogen-bond acceptors (Lipinski definition) is 3. The first-order valence-corrected chi connectivity index (χ1v) is 3.21. The van der Waals surface area contributed by atoms with E-state index in [1.54, 1.807) is 0 Å². The van der Waals surface area contributed by atoms with Crippen molar-refractivity contribution in [3.8, 4) is 0 Å². The molecule has 0 aromatic rings. The molecule has 0 radical (unpaired) electrons. The Labute approximate surface area is 54.6 Å². The van der Waals surface area contributed by atoms with Gasteiger partial charge in [0.15, 0.2) is 6.29 Å². The van der Waals surface area contributed by atoms with Gasteiger partial charge < -0.3 is 14.6 Å². The quantitative estimate of drug-likeness (QED) is 0.580. The average Bonchev–Trinajstić information content (AvgIpc) is 2.17. The van der Waals surface area contributed by atoms with Crippen molar-refractivity contribution in [2.45, 2.75) is 25.7 Å². The van der Waals surface area contributed by atoms with Gasteiger partial charge in [-0.05, 0) is 6.92 Å². The van der Waals surface area contributed by atoms with Crippen LogP contribution in [0.5, 0.6) is 0 Å². The Morgan fingerprint density at radius 1 is 1.67 bits per heavy atom. The Hall–Kier alpha value is -0.120. The van der Waals surface area contributed by atoms with Crippen LogP contribution in [0.2, 0.25) is 0 Å². The summed E-state index contributed by atoms with van der Waals surface area (Å²) in [5.41, 5.74) is 0. The maximum Gasteiger partial charge on any atom is 0.160 e. The first kappa shape index (κ1) is 6.99. The third-order valence-electron chi connectivity index (χ3n) is 1.27. The summed E-state index contributed by atoms with van der Waals surface area (Å²) in [6, 6.07) is 0. The Bertz CT molecular complexity index is 82.4. The zero-order chi connectivity index (χ0) is 6.69. The van der Waals surface area contributed by atoms with Gasteiger partial charge in [0, 0.05) is 13.0 Å². The van der Waals surface area contributed by atoms with E-state index in [1.165, 1.54) is 0 Å². The fourth-order valence-electron chi connectivity index (χ4n) is 0.837. The Morgan fingerprint density at radius 2 is 2.44 bits per heavy atom. The van der Waals surface area contributed by atoms with E-state index in [2.05, 4.69) is 0 Å². The smallest absolute Gasteiger partial charge is 0.160 e. The van der Waals surface area contributed by atoms with Crippen LogP contribution in [0, 0.1) is 0 Å². The lowest BCUT2D eigenvalue weighted by Gasteiger charge is -2.05. The van der Waals surface area contributed by atoms with E-state index in [9.17, 15) is 0 Å². The van der Waals surface area contributed by atoms with Crippen LogP contribution < -0.4 is 0 Å². The van der Waals surface area contributed by atoms with Crippen molar-refractivity contribution in [2.75, 3.05) is 13.2 Å². The normalized spacial score (nSPS) is 35.3. The lowest BCUT2D eigenvalue weighted by Crippen LogP contribution is -2.10. The van der Waals surface area contributed by atoms with Crippen LogP contribution in [-0.2, 0) is 9.47 Å². The van der Waals surface area contributed by atoms with Crippen molar-refractivity contribution in [2.24, 2.45) is 0 Å².